The van der Waals surface area contributed by atoms with Gasteiger partial charge in [0.2, 0.25) is 0 Å². The van der Waals surface area contributed by atoms with Gasteiger partial charge in [0.25, 0.3) is 5.91 Å². The lowest BCUT2D eigenvalue weighted by Crippen LogP contribution is -2.17. The van der Waals surface area contributed by atoms with Crippen LogP contribution in [-0.4, -0.2) is 16.8 Å². The SMILES string of the molecule is CCCCCCCCCCCCO/C=C1/SC(=S)NC1=O. The van der Waals surface area contributed by atoms with Gasteiger partial charge in [-0.15, -0.1) is 0 Å². The second-order valence-corrected chi connectivity index (χ2v) is 7.10. The maximum absolute atomic E-state index is 11.3. The number of unbranched alkanes of at least 4 members (excludes halogenated alkanes) is 9. The van der Waals surface area contributed by atoms with Crippen molar-refractivity contribution in [2.24, 2.45) is 0 Å². The number of thiocarbonyl (C=S) groups is 1. The molecule has 1 amide bonds. The van der Waals surface area contributed by atoms with Gasteiger partial charge >= 0.3 is 0 Å². The van der Waals surface area contributed by atoms with Crippen LogP contribution in [0, 0.1) is 0 Å². The molecule has 0 aromatic heterocycles. The predicted molar refractivity (Wildman–Crippen MR) is 94.2 cm³/mol. The number of carbonyl (C=O) groups excluding carboxylic acids is 1. The van der Waals surface area contributed by atoms with Crippen LogP contribution in [0.15, 0.2) is 11.2 Å². The number of ether oxygens (including phenoxy) is 1. The fraction of sp³-hybridized carbons (Fsp3) is 0.750. The Morgan fingerprint density at radius 2 is 1.62 bits per heavy atom. The van der Waals surface area contributed by atoms with E-state index in [9.17, 15) is 4.79 Å². The van der Waals surface area contributed by atoms with Crippen LogP contribution in [0.25, 0.3) is 0 Å². The van der Waals surface area contributed by atoms with Gasteiger partial charge in [-0.2, -0.15) is 0 Å². The first-order valence-electron chi connectivity index (χ1n) is 8.09. The number of carbonyl (C=O) groups is 1. The van der Waals surface area contributed by atoms with Gasteiger partial charge < -0.3 is 10.1 Å². The van der Waals surface area contributed by atoms with Crippen molar-refractivity contribution in [3.63, 3.8) is 0 Å². The van der Waals surface area contributed by atoms with E-state index in [4.69, 9.17) is 17.0 Å². The Kier molecular flexibility index (Phi) is 10.6. The molecule has 0 saturated carbocycles. The van der Waals surface area contributed by atoms with Crippen molar-refractivity contribution < 1.29 is 9.53 Å². The first kappa shape index (κ1) is 18.5. The molecule has 1 saturated heterocycles. The van der Waals surface area contributed by atoms with Crippen molar-refractivity contribution >= 4 is 34.2 Å². The summed E-state index contributed by atoms with van der Waals surface area (Å²) in [6, 6.07) is 0. The zero-order chi connectivity index (χ0) is 15.3. The minimum Gasteiger partial charge on any atom is -0.500 e. The van der Waals surface area contributed by atoms with E-state index in [1.54, 1.807) is 0 Å². The summed E-state index contributed by atoms with van der Waals surface area (Å²) >= 11 is 6.17. The van der Waals surface area contributed by atoms with Crippen LogP contribution in [0.3, 0.4) is 0 Å². The molecule has 0 atom stereocenters. The van der Waals surface area contributed by atoms with Crippen molar-refractivity contribution in [3.8, 4) is 0 Å². The van der Waals surface area contributed by atoms with Crippen LogP contribution < -0.4 is 5.32 Å². The molecule has 0 spiro atoms. The zero-order valence-electron chi connectivity index (χ0n) is 13.0. The lowest BCUT2D eigenvalue weighted by molar-refractivity contribution is -0.115. The first-order valence-corrected chi connectivity index (χ1v) is 9.31. The Balaban J connectivity index is 1.86. The Bertz CT molecular complexity index is 356. The van der Waals surface area contributed by atoms with Crippen molar-refractivity contribution in [1.82, 2.24) is 5.32 Å². The zero-order valence-corrected chi connectivity index (χ0v) is 14.6. The molecule has 1 aliphatic heterocycles. The Morgan fingerprint density at radius 3 is 2.14 bits per heavy atom. The topological polar surface area (TPSA) is 38.3 Å². The quantitative estimate of drug-likeness (QED) is 0.239. The van der Waals surface area contributed by atoms with Crippen LogP contribution in [0.1, 0.15) is 71.1 Å². The van der Waals surface area contributed by atoms with Crippen molar-refractivity contribution in [3.05, 3.63) is 11.2 Å². The molecule has 1 heterocycles. The summed E-state index contributed by atoms with van der Waals surface area (Å²) in [5, 5.41) is 2.57. The van der Waals surface area contributed by atoms with E-state index in [-0.39, 0.29) is 5.91 Å². The van der Waals surface area contributed by atoms with Gasteiger partial charge in [-0.05, 0) is 6.42 Å². The summed E-state index contributed by atoms with van der Waals surface area (Å²) in [6.45, 7) is 2.94. The summed E-state index contributed by atoms with van der Waals surface area (Å²) in [5.41, 5.74) is 0. The number of hydrogen-bond acceptors (Lipinski definition) is 4. The minimum atomic E-state index is -0.145. The monoisotopic (exact) mass is 329 g/mol. The summed E-state index contributed by atoms with van der Waals surface area (Å²) in [7, 11) is 0. The summed E-state index contributed by atoms with van der Waals surface area (Å²) in [6.07, 6.45) is 14.7. The molecular weight excluding hydrogens is 302 g/mol. The fourth-order valence-electron chi connectivity index (χ4n) is 2.21. The van der Waals surface area contributed by atoms with E-state index in [2.05, 4.69) is 12.2 Å². The minimum absolute atomic E-state index is 0.145. The highest BCUT2D eigenvalue weighted by Crippen LogP contribution is 2.23. The third-order valence-electron chi connectivity index (χ3n) is 3.45. The molecule has 0 bridgehead atoms. The molecule has 0 aliphatic carbocycles. The molecule has 1 N–H and O–H groups in total. The van der Waals surface area contributed by atoms with E-state index < -0.39 is 0 Å². The van der Waals surface area contributed by atoms with Crippen molar-refractivity contribution in [2.75, 3.05) is 6.61 Å². The lowest BCUT2D eigenvalue weighted by Gasteiger charge is -2.03. The smallest absolute Gasteiger partial charge is 0.266 e. The molecule has 120 valence electrons. The van der Waals surface area contributed by atoms with Crippen molar-refractivity contribution in [1.29, 1.82) is 0 Å². The third-order valence-corrected chi connectivity index (χ3v) is 4.59. The van der Waals surface area contributed by atoms with E-state index in [0.717, 1.165) is 6.42 Å². The second-order valence-electron chi connectivity index (χ2n) is 5.38. The summed E-state index contributed by atoms with van der Waals surface area (Å²) in [5.74, 6) is -0.145. The number of amides is 1. The Labute approximate surface area is 138 Å². The third kappa shape index (κ3) is 9.14. The van der Waals surface area contributed by atoms with Gasteiger partial charge in [-0.3, -0.25) is 4.79 Å². The average Bonchev–Trinajstić information content (AvgIpc) is 2.78. The summed E-state index contributed by atoms with van der Waals surface area (Å²) < 4.78 is 5.91. The number of rotatable bonds is 12. The maximum atomic E-state index is 11.3. The van der Waals surface area contributed by atoms with Gasteiger partial charge in [-0.1, -0.05) is 88.7 Å². The average molecular weight is 330 g/mol. The van der Waals surface area contributed by atoms with Crippen molar-refractivity contribution in [2.45, 2.75) is 71.1 Å². The largest absolute Gasteiger partial charge is 0.500 e. The maximum Gasteiger partial charge on any atom is 0.266 e. The van der Waals surface area contributed by atoms with Gasteiger partial charge in [0.1, 0.15) is 15.5 Å². The Morgan fingerprint density at radius 1 is 1.05 bits per heavy atom. The first-order chi connectivity index (χ1) is 10.2. The predicted octanol–water partition coefficient (Wildman–Crippen LogP) is 4.91. The number of hydrogen-bond donors (Lipinski definition) is 1. The van der Waals surface area contributed by atoms with E-state index in [1.807, 2.05) is 0 Å². The second kappa shape index (κ2) is 12.0. The molecule has 1 fully saturated rings. The van der Waals surface area contributed by atoms with Crippen LogP contribution in [-0.2, 0) is 9.53 Å². The number of nitrogens with one attached hydrogen (secondary N) is 1. The highest BCUT2D eigenvalue weighted by Gasteiger charge is 2.22. The lowest BCUT2D eigenvalue weighted by atomic mass is 10.1. The van der Waals surface area contributed by atoms with Gasteiger partial charge in [-0.25, -0.2) is 0 Å². The standard InChI is InChI=1S/C16H27NO2S2/c1-2-3-4-5-6-7-8-9-10-11-12-19-13-14-15(18)17-16(20)21-14/h13H,2-12H2,1H3,(H,17,18,20)/b14-13+. The molecule has 0 aromatic carbocycles. The van der Waals surface area contributed by atoms with Gasteiger partial charge in [0.15, 0.2) is 0 Å². The van der Waals surface area contributed by atoms with E-state index in [0.29, 0.717) is 15.8 Å². The van der Waals surface area contributed by atoms with E-state index in [1.165, 1.54) is 75.8 Å². The molecule has 1 aliphatic rings. The molecule has 21 heavy (non-hydrogen) atoms. The van der Waals surface area contributed by atoms with Crippen LogP contribution >= 0.6 is 24.0 Å². The summed E-state index contributed by atoms with van der Waals surface area (Å²) in [4.78, 5) is 11.9. The molecular formula is C16H27NO2S2. The molecule has 0 radical (unpaired) electrons. The molecule has 3 nitrogen and oxygen atoms in total. The molecule has 0 unspecified atom stereocenters. The Hall–Kier alpha value is -0.550. The highest BCUT2D eigenvalue weighted by molar-refractivity contribution is 8.26. The van der Waals surface area contributed by atoms with Gasteiger partial charge in [0.05, 0.1) is 6.61 Å². The van der Waals surface area contributed by atoms with Crippen LogP contribution in [0.5, 0.6) is 0 Å². The van der Waals surface area contributed by atoms with Gasteiger partial charge in [0, 0.05) is 0 Å². The molecule has 1 rings (SSSR count). The molecule has 0 aromatic rings. The molecule has 5 heteroatoms. The normalized spacial score (nSPS) is 16.5. The fourth-order valence-corrected chi connectivity index (χ4v) is 3.18. The van der Waals surface area contributed by atoms with Crippen LogP contribution in [0.4, 0.5) is 0 Å². The number of thioether (sulfide) groups is 1. The highest BCUT2D eigenvalue weighted by atomic mass is 32.2. The van der Waals surface area contributed by atoms with E-state index >= 15 is 0 Å². The van der Waals surface area contributed by atoms with Crippen LogP contribution in [0.2, 0.25) is 0 Å².